The van der Waals surface area contributed by atoms with E-state index in [2.05, 4.69) is 14.9 Å². The zero-order valence-corrected chi connectivity index (χ0v) is 12.2. The first kappa shape index (κ1) is 14.3. The summed E-state index contributed by atoms with van der Waals surface area (Å²) in [5.74, 6) is 0. The number of para-hydroxylation sites is 1. The molecule has 2 rings (SSSR count). The van der Waals surface area contributed by atoms with Crippen LogP contribution in [0.15, 0.2) is 29.2 Å². The van der Waals surface area contributed by atoms with Gasteiger partial charge in [0.1, 0.15) is 4.90 Å². The Labute approximate surface area is 115 Å². The largest absolute Gasteiger partial charge is 0.370 e. The third kappa shape index (κ3) is 3.08. The molecule has 1 fully saturated rings. The molecular formula is C13H21N3O2S. The van der Waals surface area contributed by atoms with E-state index in [0.717, 1.165) is 31.6 Å². The van der Waals surface area contributed by atoms with Gasteiger partial charge >= 0.3 is 0 Å². The second kappa shape index (κ2) is 5.90. The molecule has 0 amide bonds. The molecule has 2 N–H and O–H groups in total. The van der Waals surface area contributed by atoms with Crippen LogP contribution in [-0.2, 0) is 10.0 Å². The molecule has 0 bridgehead atoms. The Balaban J connectivity index is 2.27. The lowest BCUT2D eigenvalue weighted by atomic mass is 10.0. The van der Waals surface area contributed by atoms with Crippen LogP contribution in [0.1, 0.15) is 12.8 Å². The van der Waals surface area contributed by atoms with Gasteiger partial charge in [-0.15, -0.1) is 0 Å². The average molecular weight is 283 g/mol. The summed E-state index contributed by atoms with van der Waals surface area (Å²) >= 11 is 0. The van der Waals surface area contributed by atoms with Crippen LogP contribution in [0, 0.1) is 0 Å². The van der Waals surface area contributed by atoms with E-state index in [0.29, 0.717) is 10.9 Å². The quantitative estimate of drug-likeness (QED) is 0.857. The molecule has 0 spiro atoms. The number of anilines is 1. The molecule has 0 aliphatic carbocycles. The fourth-order valence-electron chi connectivity index (χ4n) is 2.46. The highest BCUT2D eigenvalue weighted by molar-refractivity contribution is 7.89. The van der Waals surface area contributed by atoms with Gasteiger partial charge in [-0.05, 0) is 39.1 Å². The number of benzene rings is 1. The van der Waals surface area contributed by atoms with Gasteiger partial charge in [0.25, 0.3) is 0 Å². The monoisotopic (exact) mass is 283 g/mol. The van der Waals surface area contributed by atoms with Crippen LogP contribution in [0.3, 0.4) is 0 Å². The molecule has 1 aliphatic heterocycles. The first-order valence-corrected chi connectivity index (χ1v) is 8.01. The summed E-state index contributed by atoms with van der Waals surface area (Å²) in [5.41, 5.74) is 0.798. The van der Waals surface area contributed by atoms with Crippen molar-refractivity contribution < 1.29 is 8.42 Å². The Kier molecular flexibility index (Phi) is 4.44. The lowest BCUT2D eigenvalue weighted by Gasteiger charge is -2.34. The van der Waals surface area contributed by atoms with Gasteiger partial charge in [0.2, 0.25) is 10.0 Å². The zero-order chi connectivity index (χ0) is 13.9. The summed E-state index contributed by atoms with van der Waals surface area (Å²) in [7, 11) is 0.0112. The maximum absolute atomic E-state index is 12.0. The highest BCUT2D eigenvalue weighted by atomic mass is 32.2. The van der Waals surface area contributed by atoms with Crippen LogP contribution >= 0.6 is 0 Å². The Hall–Kier alpha value is -1.11. The van der Waals surface area contributed by atoms with Gasteiger partial charge in [0, 0.05) is 19.1 Å². The maximum Gasteiger partial charge on any atom is 0.242 e. The molecule has 0 radical (unpaired) electrons. The molecule has 1 heterocycles. The SMILES string of the molecule is CNC1CCN(c2ccccc2S(=O)(=O)NC)CC1. The summed E-state index contributed by atoms with van der Waals surface area (Å²) in [6, 6.07) is 7.71. The van der Waals surface area contributed by atoms with Gasteiger partial charge in [-0.1, -0.05) is 12.1 Å². The third-order valence-electron chi connectivity index (χ3n) is 3.67. The number of piperidine rings is 1. The van der Waals surface area contributed by atoms with Crippen molar-refractivity contribution in [2.45, 2.75) is 23.8 Å². The standard InChI is InChI=1S/C13H21N3O2S/c1-14-11-7-9-16(10-8-11)12-5-3-4-6-13(12)19(17,18)15-2/h3-6,11,14-15H,7-10H2,1-2H3. The number of nitrogens with zero attached hydrogens (tertiary/aromatic N) is 1. The molecule has 1 aliphatic rings. The molecule has 19 heavy (non-hydrogen) atoms. The molecular weight excluding hydrogens is 262 g/mol. The Morgan fingerprint density at radius 1 is 1.16 bits per heavy atom. The van der Waals surface area contributed by atoms with Crippen molar-refractivity contribution in [3.63, 3.8) is 0 Å². The maximum atomic E-state index is 12.0. The number of nitrogens with one attached hydrogen (secondary N) is 2. The fourth-order valence-corrected chi connectivity index (χ4v) is 3.41. The molecule has 0 aromatic heterocycles. The highest BCUT2D eigenvalue weighted by Gasteiger charge is 2.23. The smallest absolute Gasteiger partial charge is 0.242 e. The highest BCUT2D eigenvalue weighted by Crippen LogP contribution is 2.27. The predicted octanol–water partition coefficient (Wildman–Crippen LogP) is 0.783. The Morgan fingerprint density at radius 3 is 2.37 bits per heavy atom. The van der Waals surface area contributed by atoms with E-state index in [4.69, 9.17) is 0 Å². The van der Waals surface area contributed by atoms with E-state index in [1.807, 2.05) is 19.2 Å². The van der Waals surface area contributed by atoms with Crippen LogP contribution < -0.4 is 14.9 Å². The second-order valence-corrected chi connectivity index (χ2v) is 6.58. The molecule has 1 saturated heterocycles. The van der Waals surface area contributed by atoms with Crippen LogP contribution in [-0.4, -0.2) is 41.6 Å². The van der Waals surface area contributed by atoms with E-state index < -0.39 is 10.0 Å². The lowest BCUT2D eigenvalue weighted by Crippen LogP contribution is -2.41. The normalized spacial score (nSPS) is 17.7. The van der Waals surface area contributed by atoms with Gasteiger partial charge in [-0.25, -0.2) is 13.1 Å². The minimum Gasteiger partial charge on any atom is -0.370 e. The molecule has 1 aromatic carbocycles. The molecule has 0 saturated carbocycles. The molecule has 0 atom stereocenters. The van der Waals surface area contributed by atoms with E-state index >= 15 is 0 Å². The third-order valence-corrected chi connectivity index (χ3v) is 5.13. The van der Waals surface area contributed by atoms with Crippen LogP contribution in [0.4, 0.5) is 5.69 Å². The number of hydrogen-bond acceptors (Lipinski definition) is 4. The summed E-state index contributed by atoms with van der Waals surface area (Å²) in [6.45, 7) is 1.75. The van der Waals surface area contributed by atoms with Crippen molar-refractivity contribution in [1.29, 1.82) is 0 Å². The Morgan fingerprint density at radius 2 is 1.79 bits per heavy atom. The minimum absolute atomic E-state index is 0.361. The van der Waals surface area contributed by atoms with Gasteiger partial charge < -0.3 is 10.2 Å². The summed E-state index contributed by atoms with van der Waals surface area (Å²) < 4.78 is 26.5. The minimum atomic E-state index is -3.40. The van der Waals surface area contributed by atoms with Gasteiger partial charge in [-0.2, -0.15) is 0 Å². The van der Waals surface area contributed by atoms with E-state index in [1.165, 1.54) is 7.05 Å². The van der Waals surface area contributed by atoms with Crippen molar-refractivity contribution in [1.82, 2.24) is 10.0 Å². The van der Waals surface area contributed by atoms with Crippen molar-refractivity contribution in [3.8, 4) is 0 Å². The molecule has 106 valence electrons. The van der Waals surface area contributed by atoms with Crippen molar-refractivity contribution in [3.05, 3.63) is 24.3 Å². The first-order valence-electron chi connectivity index (χ1n) is 6.53. The second-order valence-electron chi connectivity index (χ2n) is 4.73. The summed E-state index contributed by atoms with van der Waals surface area (Å²) in [6.07, 6.45) is 2.06. The fraction of sp³-hybridized carbons (Fsp3) is 0.538. The molecule has 6 heteroatoms. The van der Waals surface area contributed by atoms with Crippen LogP contribution in [0.25, 0.3) is 0 Å². The van der Waals surface area contributed by atoms with Crippen LogP contribution in [0.2, 0.25) is 0 Å². The van der Waals surface area contributed by atoms with Crippen molar-refractivity contribution in [2.75, 3.05) is 32.1 Å². The molecule has 5 nitrogen and oxygen atoms in total. The molecule has 0 unspecified atom stereocenters. The molecule has 1 aromatic rings. The van der Waals surface area contributed by atoms with Gasteiger partial charge in [0.15, 0.2) is 0 Å². The summed E-state index contributed by atoms with van der Waals surface area (Å²) in [5, 5.41) is 3.27. The van der Waals surface area contributed by atoms with Crippen molar-refractivity contribution >= 4 is 15.7 Å². The summed E-state index contributed by atoms with van der Waals surface area (Å²) in [4.78, 5) is 2.51. The van der Waals surface area contributed by atoms with Crippen molar-refractivity contribution in [2.24, 2.45) is 0 Å². The average Bonchev–Trinajstić information content (AvgIpc) is 2.47. The van der Waals surface area contributed by atoms with E-state index in [9.17, 15) is 8.42 Å². The Bertz CT molecular complexity index is 522. The predicted molar refractivity (Wildman–Crippen MR) is 77.0 cm³/mol. The topological polar surface area (TPSA) is 61.4 Å². The van der Waals surface area contributed by atoms with Gasteiger partial charge in [-0.3, -0.25) is 0 Å². The first-order chi connectivity index (χ1) is 9.08. The number of sulfonamides is 1. The van der Waals surface area contributed by atoms with E-state index in [1.54, 1.807) is 12.1 Å². The zero-order valence-electron chi connectivity index (χ0n) is 11.4. The van der Waals surface area contributed by atoms with Crippen LogP contribution in [0.5, 0.6) is 0 Å². The van der Waals surface area contributed by atoms with E-state index in [-0.39, 0.29) is 0 Å². The number of hydrogen-bond donors (Lipinski definition) is 2. The number of rotatable bonds is 4. The van der Waals surface area contributed by atoms with Gasteiger partial charge in [0.05, 0.1) is 5.69 Å². The lowest BCUT2D eigenvalue weighted by molar-refractivity contribution is 0.441.